The Morgan fingerprint density at radius 3 is 2.03 bits per heavy atom. The number of methoxy groups -OCH3 is 2. The predicted octanol–water partition coefficient (Wildman–Crippen LogP) is 1.42. The molecule has 1 aliphatic rings. The highest BCUT2D eigenvalue weighted by Gasteiger charge is 2.52. The fraction of sp³-hybridized carbons (Fsp3) is 0.296. The Kier molecular flexibility index (Phi) is 9.17. The van der Waals surface area contributed by atoms with Gasteiger partial charge in [-0.3, -0.25) is 0 Å². The molecular formula is C27H28O12. The van der Waals surface area contributed by atoms with Gasteiger partial charge in [-0.15, -0.1) is 0 Å². The molecule has 0 heterocycles. The second kappa shape index (κ2) is 12.3. The predicted molar refractivity (Wildman–Crippen MR) is 134 cm³/mol. The lowest BCUT2D eigenvalue weighted by Crippen LogP contribution is -2.58. The summed E-state index contributed by atoms with van der Waals surface area (Å²) in [6, 6.07) is 8.17. The Balaban J connectivity index is 1.77. The third kappa shape index (κ3) is 7.27. The highest BCUT2D eigenvalue weighted by Crippen LogP contribution is 2.34. The van der Waals surface area contributed by atoms with Crippen LogP contribution in [0.5, 0.6) is 23.0 Å². The van der Waals surface area contributed by atoms with E-state index in [9.17, 15) is 39.9 Å². The first-order valence-corrected chi connectivity index (χ1v) is 11.6. The van der Waals surface area contributed by atoms with E-state index in [0.717, 1.165) is 19.3 Å². The van der Waals surface area contributed by atoms with E-state index in [-0.39, 0.29) is 17.2 Å². The summed E-state index contributed by atoms with van der Waals surface area (Å²) in [6.45, 7) is 0. The van der Waals surface area contributed by atoms with Gasteiger partial charge in [-0.05, 0) is 47.5 Å². The molecule has 2 aromatic carbocycles. The number of aromatic hydroxyl groups is 3. The second-order valence-electron chi connectivity index (χ2n) is 8.72. The standard InChI is InChI=1S/C27H28O12/c1-36-21-12-16(4-8-18(21)29)6-10-24(33)39-25-20(31)13-27(35,26(34)37-2)14-22(25)38-23(32)9-5-15-3-7-17(28)19(30)11-15/h3-12,20,22,25,28-31,35H,13-14H2,1-2H3/b9-5-,10-6-. The molecule has 4 unspecified atom stereocenters. The molecule has 12 nitrogen and oxygen atoms in total. The summed E-state index contributed by atoms with van der Waals surface area (Å²) in [6.07, 6.45) is -0.947. The number of carbonyl (C=O) groups excluding carboxylic acids is 3. The van der Waals surface area contributed by atoms with E-state index in [1.165, 1.54) is 55.7 Å². The van der Waals surface area contributed by atoms with Crippen molar-refractivity contribution in [2.45, 2.75) is 36.8 Å². The molecule has 208 valence electrons. The van der Waals surface area contributed by atoms with Crippen molar-refractivity contribution in [2.24, 2.45) is 0 Å². The van der Waals surface area contributed by atoms with Gasteiger partial charge < -0.3 is 44.5 Å². The third-order valence-electron chi connectivity index (χ3n) is 5.94. The molecule has 12 heteroatoms. The average Bonchev–Trinajstić information content (AvgIpc) is 2.90. The summed E-state index contributed by atoms with van der Waals surface area (Å²) in [5.74, 6) is -3.64. The lowest BCUT2D eigenvalue weighted by atomic mass is 9.79. The summed E-state index contributed by atoms with van der Waals surface area (Å²) >= 11 is 0. The maximum atomic E-state index is 12.6. The largest absolute Gasteiger partial charge is 0.504 e. The minimum Gasteiger partial charge on any atom is -0.504 e. The minimum atomic E-state index is -2.22. The van der Waals surface area contributed by atoms with Crippen LogP contribution in [0.4, 0.5) is 0 Å². The molecule has 0 amide bonds. The van der Waals surface area contributed by atoms with Crippen LogP contribution in [0.15, 0.2) is 48.6 Å². The maximum absolute atomic E-state index is 12.6. The van der Waals surface area contributed by atoms with E-state index in [1.54, 1.807) is 0 Å². The lowest BCUT2D eigenvalue weighted by molar-refractivity contribution is -0.206. The Labute approximate surface area is 222 Å². The molecule has 4 atom stereocenters. The second-order valence-corrected chi connectivity index (χ2v) is 8.72. The number of esters is 3. The van der Waals surface area contributed by atoms with Crippen LogP contribution >= 0.6 is 0 Å². The molecule has 0 spiro atoms. The van der Waals surface area contributed by atoms with E-state index in [1.807, 2.05) is 0 Å². The van der Waals surface area contributed by atoms with Crippen molar-refractivity contribution in [2.75, 3.05) is 14.2 Å². The number of rotatable bonds is 8. The summed E-state index contributed by atoms with van der Waals surface area (Å²) in [5.41, 5.74) is -1.39. The number of hydrogen-bond donors (Lipinski definition) is 5. The van der Waals surface area contributed by atoms with E-state index < -0.39 is 60.4 Å². The van der Waals surface area contributed by atoms with Crippen molar-refractivity contribution in [1.82, 2.24) is 0 Å². The number of carbonyl (C=O) groups is 3. The van der Waals surface area contributed by atoms with E-state index >= 15 is 0 Å². The molecule has 0 aromatic heterocycles. The highest BCUT2D eigenvalue weighted by molar-refractivity contribution is 5.88. The van der Waals surface area contributed by atoms with E-state index in [4.69, 9.17) is 14.2 Å². The van der Waals surface area contributed by atoms with E-state index in [2.05, 4.69) is 4.74 Å². The summed E-state index contributed by atoms with van der Waals surface area (Å²) in [5, 5.41) is 50.1. The molecule has 5 N–H and O–H groups in total. The molecule has 3 rings (SSSR count). The first-order valence-electron chi connectivity index (χ1n) is 11.6. The van der Waals surface area contributed by atoms with Gasteiger partial charge in [0.25, 0.3) is 0 Å². The molecule has 0 saturated heterocycles. The first kappa shape index (κ1) is 29.0. The number of ether oxygens (including phenoxy) is 4. The lowest BCUT2D eigenvalue weighted by Gasteiger charge is -2.41. The average molecular weight is 545 g/mol. The van der Waals surface area contributed by atoms with Crippen LogP contribution < -0.4 is 4.74 Å². The fourth-order valence-electron chi connectivity index (χ4n) is 3.99. The number of phenolic OH excluding ortho intramolecular Hbond substituents is 3. The SMILES string of the molecule is COC(=O)C1(O)CC(O)C(OC(=O)/C=C\c2ccc(O)c(OC)c2)C(OC(=O)/C=C\c2ccc(O)c(O)c2)C1. The first-order chi connectivity index (χ1) is 18.4. The normalized spacial score (nSPS) is 22.9. The van der Waals surface area contributed by atoms with Crippen molar-refractivity contribution >= 4 is 30.1 Å². The highest BCUT2D eigenvalue weighted by atomic mass is 16.6. The van der Waals surface area contributed by atoms with Crippen LogP contribution in [0.1, 0.15) is 24.0 Å². The molecule has 1 saturated carbocycles. The van der Waals surface area contributed by atoms with Crippen molar-refractivity contribution < 1.29 is 58.9 Å². The monoisotopic (exact) mass is 544 g/mol. The van der Waals surface area contributed by atoms with Crippen molar-refractivity contribution in [3.05, 3.63) is 59.7 Å². The van der Waals surface area contributed by atoms with Crippen molar-refractivity contribution in [1.29, 1.82) is 0 Å². The molecule has 2 aromatic rings. The number of phenols is 3. The quantitative estimate of drug-likeness (QED) is 0.139. The van der Waals surface area contributed by atoms with Crippen molar-refractivity contribution in [3.8, 4) is 23.0 Å². The van der Waals surface area contributed by atoms with Crippen LogP contribution in [0.3, 0.4) is 0 Å². The zero-order valence-corrected chi connectivity index (χ0v) is 21.0. The van der Waals surface area contributed by atoms with Gasteiger partial charge in [-0.1, -0.05) is 12.1 Å². The van der Waals surface area contributed by atoms with Crippen LogP contribution in [0.25, 0.3) is 12.2 Å². The van der Waals surface area contributed by atoms with Crippen LogP contribution in [-0.4, -0.2) is 81.6 Å². The Bertz CT molecular complexity index is 1280. The van der Waals surface area contributed by atoms with Gasteiger partial charge in [0.05, 0.1) is 20.3 Å². The zero-order chi connectivity index (χ0) is 28.7. The van der Waals surface area contributed by atoms with Crippen LogP contribution in [0, 0.1) is 0 Å². The fourth-order valence-corrected chi connectivity index (χ4v) is 3.99. The molecule has 0 bridgehead atoms. The van der Waals surface area contributed by atoms with E-state index in [0.29, 0.717) is 11.1 Å². The summed E-state index contributed by atoms with van der Waals surface area (Å²) in [4.78, 5) is 37.3. The van der Waals surface area contributed by atoms with Crippen LogP contribution in [0.2, 0.25) is 0 Å². The van der Waals surface area contributed by atoms with Gasteiger partial charge in [-0.2, -0.15) is 0 Å². The minimum absolute atomic E-state index is 0.0958. The molecule has 0 aliphatic heterocycles. The van der Waals surface area contributed by atoms with Gasteiger partial charge in [0.2, 0.25) is 0 Å². The van der Waals surface area contributed by atoms with Crippen LogP contribution in [-0.2, 0) is 28.6 Å². The smallest absolute Gasteiger partial charge is 0.338 e. The topological polar surface area (TPSA) is 189 Å². The summed E-state index contributed by atoms with van der Waals surface area (Å²) < 4.78 is 20.3. The molecule has 39 heavy (non-hydrogen) atoms. The van der Waals surface area contributed by atoms with Gasteiger partial charge in [-0.25, -0.2) is 14.4 Å². The maximum Gasteiger partial charge on any atom is 0.338 e. The third-order valence-corrected chi connectivity index (χ3v) is 5.94. The number of hydrogen-bond acceptors (Lipinski definition) is 12. The Morgan fingerprint density at radius 2 is 1.44 bits per heavy atom. The number of benzene rings is 2. The molecule has 1 aliphatic carbocycles. The molecular weight excluding hydrogens is 516 g/mol. The molecule has 1 fully saturated rings. The van der Waals surface area contributed by atoms with Crippen molar-refractivity contribution in [3.63, 3.8) is 0 Å². The van der Waals surface area contributed by atoms with Gasteiger partial charge >= 0.3 is 17.9 Å². The zero-order valence-electron chi connectivity index (χ0n) is 21.0. The van der Waals surface area contributed by atoms with Gasteiger partial charge in [0.15, 0.2) is 34.7 Å². The summed E-state index contributed by atoms with van der Waals surface area (Å²) in [7, 11) is 2.40. The number of aliphatic hydroxyl groups is 2. The molecule has 0 radical (unpaired) electrons. The number of aliphatic hydroxyl groups excluding tert-OH is 1. The van der Waals surface area contributed by atoms with Gasteiger partial charge in [0.1, 0.15) is 6.10 Å². The Morgan fingerprint density at radius 1 is 0.846 bits per heavy atom. The van der Waals surface area contributed by atoms with Gasteiger partial charge in [0, 0.05) is 25.0 Å². The Hall–Kier alpha value is -4.55.